The first kappa shape index (κ1) is 13.9. The van der Waals surface area contributed by atoms with E-state index in [1.54, 1.807) is 0 Å². The second kappa shape index (κ2) is 7.08. The molecule has 0 amide bonds. The number of likely N-dealkylation sites (tertiary alicyclic amines) is 1. The van der Waals surface area contributed by atoms with Gasteiger partial charge in [-0.1, -0.05) is 32.1 Å². The quantitative estimate of drug-likeness (QED) is 0.765. The Bertz CT molecular complexity index is 260. The van der Waals surface area contributed by atoms with Crippen LogP contribution in [0.1, 0.15) is 64.2 Å². The van der Waals surface area contributed by atoms with E-state index in [1.807, 2.05) is 0 Å². The largest absolute Gasteiger partial charge is 0.315 e. The summed E-state index contributed by atoms with van der Waals surface area (Å²) in [5.74, 6) is 2.03. The van der Waals surface area contributed by atoms with E-state index in [9.17, 15) is 0 Å². The Balaban J connectivity index is 1.31. The van der Waals surface area contributed by atoms with Crippen LogP contribution in [-0.2, 0) is 0 Å². The van der Waals surface area contributed by atoms with Crippen molar-refractivity contribution in [3.63, 3.8) is 0 Å². The molecule has 2 aliphatic carbocycles. The number of nitrogens with zero attached hydrogens (tertiary/aromatic N) is 1. The lowest BCUT2D eigenvalue weighted by Gasteiger charge is -2.32. The molecule has 0 aromatic carbocycles. The first-order valence-electron chi connectivity index (χ1n) is 8.88. The summed E-state index contributed by atoms with van der Waals surface area (Å²) in [5.41, 5.74) is 0. The van der Waals surface area contributed by atoms with Gasteiger partial charge in [0.25, 0.3) is 0 Å². The molecule has 0 spiro atoms. The molecule has 19 heavy (non-hydrogen) atoms. The first-order chi connectivity index (χ1) is 9.43. The van der Waals surface area contributed by atoms with Gasteiger partial charge in [0, 0.05) is 19.1 Å². The molecule has 0 aromatic heterocycles. The highest BCUT2D eigenvalue weighted by Crippen LogP contribution is 2.35. The molecule has 1 saturated heterocycles. The summed E-state index contributed by atoms with van der Waals surface area (Å²) in [5, 5.41) is 3.74. The number of hydrogen-bond donors (Lipinski definition) is 1. The minimum atomic E-state index is 0.949. The molecule has 2 heteroatoms. The summed E-state index contributed by atoms with van der Waals surface area (Å²) in [6.07, 6.45) is 14.8. The molecule has 0 radical (unpaired) electrons. The third-order valence-electron chi connectivity index (χ3n) is 5.86. The van der Waals surface area contributed by atoms with Gasteiger partial charge in [0.05, 0.1) is 0 Å². The van der Waals surface area contributed by atoms with E-state index in [0.29, 0.717) is 0 Å². The van der Waals surface area contributed by atoms with Crippen molar-refractivity contribution in [3.05, 3.63) is 0 Å². The first-order valence-corrected chi connectivity index (χ1v) is 8.88. The predicted octanol–water partition coefficient (Wildman–Crippen LogP) is 3.42. The van der Waals surface area contributed by atoms with Crippen molar-refractivity contribution < 1.29 is 0 Å². The topological polar surface area (TPSA) is 15.3 Å². The van der Waals surface area contributed by atoms with Gasteiger partial charge in [0.15, 0.2) is 0 Å². The zero-order chi connectivity index (χ0) is 12.9. The summed E-state index contributed by atoms with van der Waals surface area (Å²) in [6.45, 7) is 5.18. The van der Waals surface area contributed by atoms with Crippen LogP contribution in [0, 0.1) is 11.8 Å². The van der Waals surface area contributed by atoms with Gasteiger partial charge < -0.3 is 5.32 Å². The maximum atomic E-state index is 3.74. The fourth-order valence-electron chi connectivity index (χ4n) is 4.70. The van der Waals surface area contributed by atoms with Crippen LogP contribution >= 0.6 is 0 Å². The standard InChI is InChI=1S/C17H32N2/c1-2-6-15(7-3-1)14-18-11-13-19-12-10-16-8-4-5-9-17(16)19/h15-18H,1-14H2. The van der Waals surface area contributed by atoms with E-state index in [1.165, 1.54) is 90.4 Å². The Morgan fingerprint density at radius 2 is 1.63 bits per heavy atom. The fraction of sp³-hybridized carbons (Fsp3) is 1.00. The maximum Gasteiger partial charge on any atom is 0.0124 e. The van der Waals surface area contributed by atoms with E-state index in [0.717, 1.165) is 17.9 Å². The molecular formula is C17H32N2. The van der Waals surface area contributed by atoms with Crippen molar-refractivity contribution in [2.75, 3.05) is 26.2 Å². The highest BCUT2D eigenvalue weighted by molar-refractivity contribution is 4.89. The van der Waals surface area contributed by atoms with Crippen LogP contribution in [0.3, 0.4) is 0 Å². The monoisotopic (exact) mass is 264 g/mol. The number of nitrogens with one attached hydrogen (secondary N) is 1. The van der Waals surface area contributed by atoms with Crippen molar-refractivity contribution in [2.45, 2.75) is 70.3 Å². The SMILES string of the molecule is C1CCC(CNCCN2CCC3CCCCC32)CC1. The van der Waals surface area contributed by atoms with Gasteiger partial charge >= 0.3 is 0 Å². The molecule has 2 nitrogen and oxygen atoms in total. The number of rotatable bonds is 5. The maximum absolute atomic E-state index is 3.74. The Kier molecular flexibility index (Phi) is 5.17. The molecule has 1 heterocycles. The second-order valence-corrected chi connectivity index (χ2v) is 7.14. The molecule has 2 saturated carbocycles. The van der Waals surface area contributed by atoms with Gasteiger partial charge in [-0.15, -0.1) is 0 Å². The molecule has 2 unspecified atom stereocenters. The Morgan fingerprint density at radius 3 is 2.53 bits per heavy atom. The van der Waals surface area contributed by atoms with Crippen molar-refractivity contribution in [1.82, 2.24) is 10.2 Å². The predicted molar refractivity (Wildman–Crippen MR) is 81.4 cm³/mol. The molecule has 110 valence electrons. The molecule has 2 atom stereocenters. The van der Waals surface area contributed by atoms with E-state index >= 15 is 0 Å². The van der Waals surface area contributed by atoms with Crippen molar-refractivity contribution in [3.8, 4) is 0 Å². The molecule has 0 aromatic rings. The molecule has 0 bridgehead atoms. The second-order valence-electron chi connectivity index (χ2n) is 7.14. The normalized spacial score (nSPS) is 33.5. The van der Waals surface area contributed by atoms with Gasteiger partial charge in [0.1, 0.15) is 0 Å². The van der Waals surface area contributed by atoms with Crippen molar-refractivity contribution in [2.24, 2.45) is 11.8 Å². The summed E-state index contributed by atoms with van der Waals surface area (Å²) in [6, 6.07) is 0.949. The summed E-state index contributed by atoms with van der Waals surface area (Å²) >= 11 is 0. The number of hydrogen-bond acceptors (Lipinski definition) is 2. The summed E-state index contributed by atoms with van der Waals surface area (Å²) in [7, 11) is 0. The Morgan fingerprint density at radius 1 is 0.842 bits per heavy atom. The zero-order valence-corrected chi connectivity index (χ0v) is 12.6. The Hall–Kier alpha value is -0.0800. The van der Waals surface area contributed by atoms with Gasteiger partial charge in [0.2, 0.25) is 0 Å². The molecule has 1 N–H and O–H groups in total. The third-order valence-corrected chi connectivity index (χ3v) is 5.86. The van der Waals surface area contributed by atoms with Crippen LogP contribution in [-0.4, -0.2) is 37.1 Å². The zero-order valence-electron chi connectivity index (χ0n) is 12.6. The molecule has 3 rings (SSSR count). The molecule has 3 fully saturated rings. The van der Waals surface area contributed by atoms with Gasteiger partial charge in [-0.05, 0) is 57.0 Å². The lowest BCUT2D eigenvalue weighted by Crippen LogP contribution is -2.39. The summed E-state index contributed by atoms with van der Waals surface area (Å²) < 4.78 is 0. The minimum absolute atomic E-state index is 0.949. The fourth-order valence-corrected chi connectivity index (χ4v) is 4.70. The van der Waals surface area contributed by atoms with Crippen LogP contribution in [0.2, 0.25) is 0 Å². The van der Waals surface area contributed by atoms with Gasteiger partial charge in [-0.2, -0.15) is 0 Å². The molecular weight excluding hydrogens is 232 g/mol. The van der Waals surface area contributed by atoms with E-state index in [4.69, 9.17) is 0 Å². The van der Waals surface area contributed by atoms with E-state index in [2.05, 4.69) is 10.2 Å². The van der Waals surface area contributed by atoms with Gasteiger partial charge in [-0.3, -0.25) is 4.90 Å². The van der Waals surface area contributed by atoms with E-state index < -0.39 is 0 Å². The Labute approximate surface area is 119 Å². The lowest BCUT2D eigenvalue weighted by molar-refractivity contribution is 0.182. The number of fused-ring (bicyclic) bond motifs is 1. The molecule has 3 aliphatic rings. The van der Waals surface area contributed by atoms with Crippen molar-refractivity contribution in [1.29, 1.82) is 0 Å². The highest BCUT2D eigenvalue weighted by atomic mass is 15.2. The minimum Gasteiger partial charge on any atom is -0.315 e. The average Bonchev–Trinajstić information content (AvgIpc) is 2.88. The molecule has 1 aliphatic heterocycles. The smallest absolute Gasteiger partial charge is 0.0124 e. The summed E-state index contributed by atoms with van der Waals surface area (Å²) in [4.78, 5) is 2.79. The third kappa shape index (κ3) is 3.72. The van der Waals surface area contributed by atoms with Crippen LogP contribution in [0.4, 0.5) is 0 Å². The lowest BCUT2D eigenvalue weighted by atomic mass is 9.85. The highest BCUT2D eigenvalue weighted by Gasteiger charge is 2.34. The van der Waals surface area contributed by atoms with Crippen LogP contribution in [0.5, 0.6) is 0 Å². The van der Waals surface area contributed by atoms with Crippen molar-refractivity contribution >= 4 is 0 Å². The van der Waals surface area contributed by atoms with Crippen LogP contribution in [0.15, 0.2) is 0 Å². The van der Waals surface area contributed by atoms with Crippen LogP contribution < -0.4 is 5.32 Å². The van der Waals surface area contributed by atoms with E-state index in [-0.39, 0.29) is 0 Å². The average molecular weight is 264 g/mol. The van der Waals surface area contributed by atoms with Crippen LogP contribution in [0.25, 0.3) is 0 Å². The van der Waals surface area contributed by atoms with Gasteiger partial charge in [-0.25, -0.2) is 0 Å².